The van der Waals surface area contributed by atoms with Crippen LogP contribution < -0.4 is 4.74 Å². The number of methoxy groups -OCH3 is 1. The van der Waals surface area contributed by atoms with Crippen LogP contribution in [0.3, 0.4) is 0 Å². The molecule has 0 aromatic heterocycles. The van der Waals surface area contributed by atoms with Crippen LogP contribution in [0.5, 0.6) is 5.75 Å². The van der Waals surface area contributed by atoms with E-state index in [-0.39, 0.29) is 11.5 Å². The maximum atomic E-state index is 12.7. The quantitative estimate of drug-likeness (QED) is 0.716. The first kappa shape index (κ1) is 22.3. The van der Waals surface area contributed by atoms with Gasteiger partial charge in [-0.2, -0.15) is 0 Å². The van der Waals surface area contributed by atoms with Crippen LogP contribution >= 0.6 is 0 Å². The van der Waals surface area contributed by atoms with Crippen molar-refractivity contribution >= 4 is 0 Å². The smallest absolute Gasteiger partial charge is 0.119 e. The van der Waals surface area contributed by atoms with Crippen molar-refractivity contribution in [1.29, 1.82) is 0 Å². The van der Waals surface area contributed by atoms with Crippen LogP contribution in [-0.4, -0.2) is 90.9 Å². The molecule has 182 valence electrons. The van der Waals surface area contributed by atoms with Gasteiger partial charge in [0.25, 0.3) is 0 Å². The molecule has 5 aliphatic rings. The Bertz CT molecular complexity index is 852. The van der Waals surface area contributed by atoms with E-state index in [1.54, 1.807) is 7.11 Å². The van der Waals surface area contributed by atoms with Crippen molar-refractivity contribution in [3.05, 3.63) is 29.3 Å². The maximum absolute atomic E-state index is 12.7. The van der Waals surface area contributed by atoms with E-state index in [9.17, 15) is 5.11 Å². The summed E-state index contributed by atoms with van der Waals surface area (Å²) in [6.45, 7) is 9.32. The number of hydrogen-bond acceptors (Lipinski definition) is 5. The molecule has 5 heteroatoms. The molecule has 3 aliphatic heterocycles. The lowest BCUT2D eigenvalue weighted by Gasteiger charge is -2.61. The Labute approximate surface area is 200 Å². The summed E-state index contributed by atoms with van der Waals surface area (Å²) < 4.78 is 5.66. The first-order chi connectivity index (χ1) is 16.1. The molecule has 4 fully saturated rings. The van der Waals surface area contributed by atoms with Crippen molar-refractivity contribution in [2.75, 3.05) is 59.5 Å². The summed E-state index contributed by atoms with van der Waals surface area (Å²) >= 11 is 0. The van der Waals surface area contributed by atoms with E-state index in [1.165, 1.54) is 69.4 Å². The number of piperidine rings is 2. The van der Waals surface area contributed by atoms with Crippen LogP contribution in [0.2, 0.25) is 0 Å². The lowest BCUT2D eigenvalue weighted by Crippen LogP contribution is -2.71. The molecular weight excluding hydrogens is 410 g/mol. The number of nitrogens with zero attached hydrogens (tertiary/aromatic N) is 3. The SMILES string of the molecule is COc1ccc2c(c1)[C@@]13CCN(CCN4CCCCC4)CC[C@@]1(O)[C@@H](C2)N(CC1CC1)CC3. The molecule has 2 aliphatic carbocycles. The Kier molecular flexibility index (Phi) is 5.97. The molecule has 0 radical (unpaired) electrons. The molecule has 1 aromatic rings. The maximum Gasteiger partial charge on any atom is 0.119 e. The molecule has 6 rings (SSSR count). The molecule has 1 saturated carbocycles. The Morgan fingerprint density at radius 1 is 0.939 bits per heavy atom. The first-order valence-electron chi connectivity index (χ1n) is 13.7. The number of fused-ring (bicyclic) bond motifs is 1. The minimum Gasteiger partial charge on any atom is -0.497 e. The van der Waals surface area contributed by atoms with E-state index >= 15 is 0 Å². The van der Waals surface area contributed by atoms with Gasteiger partial charge in [0.1, 0.15) is 5.75 Å². The molecule has 33 heavy (non-hydrogen) atoms. The number of ether oxygens (including phenoxy) is 1. The van der Waals surface area contributed by atoms with E-state index in [1.807, 2.05) is 0 Å². The van der Waals surface area contributed by atoms with Crippen molar-refractivity contribution in [2.24, 2.45) is 5.92 Å². The summed E-state index contributed by atoms with van der Waals surface area (Å²) in [5, 5.41) is 12.7. The van der Waals surface area contributed by atoms with Gasteiger partial charge in [-0.15, -0.1) is 0 Å². The van der Waals surface area contributed by atoms with E-state index in [0.29, 0.717) is 0 Å². The van der Waals surface area contributed by atoms with Crippen molar-refractivity contribution in [3.8, 4) is 5.75 Å². The molecule has 0 unspecified atom stereocenters. The third-order valence-corrected chi connectivity index (χ3v) is 9.93. The highest BCUT2D eigenvalue weighted by molar-refractivity contribution is 5.48. The summed E-state index contributed by atoms with van der Waals surface area (Å²) in [4.78, 5) is 8.01. The normalized spacial score (nSPS) is 35.5. The highest BCUT2D eigenvalue weighted by Crippen LogP contribution is 2.56. The van der Waals surface area contributed by atoms with Gasteiger partial charge in [-0.25, -0.2) is 0 Å². The van der Waals surface area contributed by atoms with Gasteiger partial charge in [0, 0.05) is 37.6 Å². The lowest BCUT2D eigenvalue weighted by molar-refractivity contribution is -0.149. The fourth-order valence-corrected chi connectivity index (χ4v) is 7.72. The Balaban J connectivity index is 1.29. The predicted octanol–water partition coefficient (Wildman–Crippen LogP) is 3.29. The van der Waals surface area contributed by atoms with Gasteiger partial charge in [-0.1, -0.05) is 12.5 Å². The molecule has 0 amide bonds. The van der Waals surface area contributed by atoms with Gasteiger partial charge < -0.3 is 19.6 Å². The summed E-state index contributed by atoms with van der Waals surface area (Å²) in [7, 11) is 1.77. The van der Waals surface area contributed by atoms with Crippen molar-refractivity contribution in [1.82, 2.24) is 14.7 Å². The highest BCUT2D eigenvalue weighted by atomic mass is 16.5. The topological polar surface area (TPSA) is 39.2 Å². The van der Waals surface area contributed by atoms with Crippen molar-refractivity contribution in [2.45, 2.75) is 74.8 Å². The minimum atomic E-state index is -0.640. The monoisotopic (exact) mass is 453 g/mol. The van der Waals surface area contributed by atoms with Crippen LogP contribution in [0.4, 0.5) is 0 Å². The largest absolute Gasteiger partial charge is 0.497 e. The Hall–Kier alpha value is -1.14. The fourth-order valence-electron chi connectivity index (χ4n) is 7.72. The van der Waals surface area contributed by atoms with Crippen LogP contribution in [0, 0.1) is 5.92 Å². The highest BCUT2D eigenvalue weighted by Gasteiger charge is 2.63. The third kappa shape index (κ3) is 3.93. The van der Waals surface area contributed by atoms with Crippen LogP contribution in [-0.2, 0) is 11.8 Å². The predicted molar refractivity (Wildman–Crippen MR) is 132 cm³/mol. The zero-order chi connectivity index (χ0) is 22.5. The number of likely N-dealkylation sites (tertiary alicyclic amines) is 3. The molecule has 0 spiro atoms. The van der Waals surface area contributed by atoms with Gasteiger partial charge in [-0.05, 0) is 107 Å². The average molecular weight is 454 g/mol. The summed E-state index contributed by atoms with van der Waals surface area (Å²) in [6.07, 6.45) is 10.9. The zero-order valence-electron chi connectivity index (χ0n) is 20.6. The molecule has 3 saturated heterocycles. The summed E-state index contributed by atoms with van der Waals surface area (Å²) in [5.74, 6) is 1.81. The number of benzene rings is 1. The summed E-state index contributed by atoms with van der Waals surface area (Å²) in [5.41, 5.74) is 2.07. The summed E-state index contributed by atoms with van der Waals surface area (Å²) in [6, 6.07) is 6.95. The number of aliphatic hydroxyl groups is 1. The molecule has 5 nitrogen and oxygen atoms in total. The van der Waals surface area contributed by atoms with Gasteiger partial charge in [0.15, 0.2) is 0 Å². The van der Waals surface area contributed by atoms with Crippen LogP contribution in [0.15, 0.2) is 18.2 Å². The molecule has 1 N–H and O–H groups in total. The van der Waals surface area contributed by atoms with Gasteiger partial charge in [0.2, 0.25) is 0 Å². The molecule has 3 atom stereocenters. The van der Waals surface area contributed by atoms with E-state index in [2.05, 4.69) is 32.9 Å². The van der Waals surface area contributed by atoms with Gasteiger partial charge >= 0.3 is 0 Å². The second-order valence-corrected chi connectivity index (χ2v) is 11.7. The number of hydrogen-bond donors (Lipinski definition) is 1. The first-order valence-corrected chi connectivity index (χ1v) is 13.7. The van der Waals surface area contributed by atoms with Gasteiger partial charge in [-0.3, -0.25) is 4.90 Å². The standard InChI is InChI=1S/C28H43N3O2/c1-33-24-8-7-23-19-26-28(32)11-15-30(18-17-29-12-3-2-4-13-29)14-9-27(28,25(23)20-24)10-16-31(26)21-22-5-6-22/h7-8,20,22,26,32H,2-6,9-19,21H2,1H3/t26-,27+,28-/m1/s1. The molecular formula is C28H43N3O2. The average Bonchev–Trinajstić information content (AvgIpc) is 3.67. The second-order valence-electron chi connectivity index (χ2n) is 11.7. The molecule has 2 bridgehead atoms. The van der Waals surface area contributed by atoms with E-state index in [4.69, 9.17) is 4.74 Å². The Morgan fingerprint density at radius 3 is 2.42 bits per heavy atom. The number of rotatable bonds is 6. The lowest BCUT2D eigenvalue weighted by atomic mass is 9.52. The second kappa shape index (κ2) is 8.82. The van der Waals surface area contributed by atoms with Crippen LogP contribution in [0.1, 0.15) is 62.5 Å². The zero-order valence-corrected chi connectivity index (χ0v) is 20.6. The van der Waals surface area contributed by atoms with Crippen molar-refractivity contribution < 1.29 is 9.84 Å². The molecule has 3 heterocycles. The van der Waals surface area contributed by atoms with Crippen LogP contribution in [0.25, 0.3) is 0 Å². The van der Waals surface area contributed by atoms with E-state index < -0.39 is 5.60 Å². The minimum absolute atomic E-state index is 0.139. The Morgan fingerprint density at radius 2 is 1.67 bits per heavy atom. The van der Waals surface area contributed by atoms with Gasteiger partial charge in [0.05, 0.1) is 12.7 Å². The van der Waals surface area contributed by atoms with Crippen molar-refractivity contribution in [3.63, 3.8) is 0 Å². The fraction of sp³-hybridized carbons (Fsp3) is 0.786. The third-order valence-electron chi connectivity index (χ3n) is 9.93. The van der Waals surface area contributed by atoms with E-state index in [0.717, 1.165) is 63.5 Å². The molecule has 1 aromatic carbocycles.